The molecule has 0 radical (unpaired) electrons. The van der Waals surface area contributed by atoms with Crippen molar-refractivity contribution in [2.45, 2.75) is 39.2 Å². The molecule has 3 rings (SSSR count). The van der Waals surface area contributed by atoms with E-state index in [-0.39, 0.29) is 17.7 Å². The van der Waals surface area contributed by atoms with Gasteiger partial charge in [-0.25, -0.2) is 0 Å². The van der Waals surface area contributed by atoms with Gasteiger partial charge in [-0.1, -0.05) is 24.1 Å². The predicted molar refractivity (Wildman–Crippen MR) is 87.1 cm³/mol. The van der Waals surface area contributed by atoms with Gasteiger partial charge in [-0.2, -0.15) is 0 Å². The summed E-state index contributed by atoms with van der Waals surface area (Å²) in [5, 5.41) is 0.619. The molecule has 0 bridgehead atoms. The van der Waals surface area contributed by atoms with Crippen LogP contribution in [-0.4, -0.2) is 35.8 Å². The van der Waals surface area contributed by atoms with Gasteiger partial charge in [-0.15, -0.1) is 0 Å². The standard InChI is InChI=1S/C17H21ClN2O2/c1-11-6-7-14(18)10-15(11)20-9-8-19(12(2)16(20)21)17(22)13-4-3-5-13/h6-7,10,12-13H,3-5,8-9H2,1-2H3. The third-order valence-electron chi connectivity index (χ3n) is 4.85. The van der Waals surface area contributed by atoms with Gasteiger partial charge < -0.3 is 9.80 Å². The average Bonchev–Trinajstić information content (AvgIpc) is 2.43. The van der Waals surface area contributed by atoms with Crippen LogP contribution in [0.25, 0.3) is 0 Å². The first-order valence-electron chi connectivity index (χ1n) is 7.87. The molecule has 1 saturated carbocycles. The molecule has 0 aromatic heterocycles. The predicted octanol–water partition coefficient (Wildman–Crippen LogP) is 3.01. The molecular formula is C17H21ClN2O2. The van der Waals surface area contributed by atoms with Crippen molar-refractivity contribution in [1.29, 1.82) is 0 Å². The van der Waals surface area contributed by atoms with E-state index in [2.05, 4.69) is 0 Å². The van der Waals surface area contributed by atoms with E-state index in [4.69, 9.17) is 11.6 Å². The van der Waals surface area contributed by atoms with E-state index in [1.165, 1.54) is 0 Å². The molecule has 2 fully saturated rings. The van der Waals surface area contributed by atoms with Gasteiger partial charge in [0, 0.05) is 29.7 Å². The van der Waals surface area contributed by atoms with Gasteiger partial charge >= 0.3 is 0 Å². The summed E-state index contributed by atoms with van der Waals surface area (Å²) in [4.78, 5) is 28.7. The van der Waals surface area contributed by atoms with E-state index >= 15 is 0 Å². The van der Waals surface area contributed by atoms with Crippen molar-refractivity contribution in [3.63, 3.8) is 0 Å². The molecule has 1 aliphatic carbocycles. The van der Waals surface area contributed by atoms with Gasteiger partial charge in [0.1, 0.15) is 6.04 Å². The summed E-state index contributed by atoms with van der Waals surface area (Å²) in [6.07, 6.45) is 3.06. The zero-order valence-electron chi connectivity index (χ0n) is 13.0. The Morgan fingerprint density at radius 3 is 2.64 bits per heavy atom. The van der Waals surface area contributed by atoms with Crippen LogP contribution in [0.4, 0.5) is 5.69 Å². The van der Waals surface area contributed by atoms with Gasteiger partial charge in [-0.3, -0.25) is 9.59 Å². The minimum absolute atomic E-state index is 0.0238. The fraction of sp³-hybridized carbons (Fsp3) is 0.529. The van der Waals surface area contributed by atoms with Gasteiger partial charge in [0.25, 0.3) is 0 Å². The van der Waals surface area contributed by atoms with Crippen molar-refractivity contribution in [2.24, 2.45) is 5.92 Å². The smallest absolute Gasteiger partial charge is 0.249 e. The molecule has 2 amide bonds. The fourth-order valence-corrected chi connectivity index (χ4v) is 3.34. The number of carbonyl (C=O) groups is 2. The molecule has 22 heavy (non-hydrogen) atoms. The minimum Gasteiger partial charge on any atom is -0.329 e. The van der Waals surface area contributed by atoms with Crippen molar-refractivity contribution in [3.05, 3.63) is 28.8 Å². The van der Waals surface area contributed by atoms with Crippen LogP contribution in [0.3, 0.4) is 0 Å². The number of anilines is 1. The molecule has 4 nitrogen and oxygen atoms in total. The second kappa shape index (κ2) is 5.92. The van der Waals surface area contributed by atoms with Crippen LogP contribution >= 0.6 is 11.6 Å². The maximum atomic E-state index is 12.7. The summed E-state index contributed by atoms with van der Waals surface area (Å²) in [5.41, 5.74) is 1.86. The molecule has 1 atom stereocenters. The monoisotopic (exact) mass is 320 g/mol. The van der Waals surface area contributed by atoms with E-state index in [0.717, 1.165) is 30.5 Å². The molecule has 1 unspecified atom stereocenters. The van der Waals surface area contributed by atoms with Crippen LogP contribution in [0.5, 0.6) is 0 Å². The summed E-state index contributed by atoms with van der Waals surface area (Å²) in [5.74, 6) is 0.258. The lowest BCUT2D eigenvalue weighted by atomic mass is 9.84. The molecule has 1 heterocycles. The Morgan fingerprint density at radius 1 is 1.27 bits per heavy atom. The van der Waals surface area contributed by atoms with Crippen molar-refractivity contribution in [3.8, 4) is 0 Å². The third kappa shape index (κ3) is 2.60. The molecule has 118 valence electrons. The van der Waals surface area contributed by atoms with E-state index in [1.807, 2.05) is 32.0 Å². The minimum atomic E-state index is -0.403. The van der Waals surface area contributed by atoms with Crippen LogP contribution in [0.2, 0.25) is 5.02 Å². The van der Waals surface area contributed by atoms with E-state index in [9.17, 15) is 9.59 Å². The van der Waals surface area contributed by atoms with Gasteiger partial charge in [0.05, 0.1) is 0 Å². The highest BCUT2D eigenvalue weighted by molar-refractivity contribution is 6.31. The Hall–Kier alpha value is -1.55. The van der Waals surface area contributed by atoms with Crippen LogP contribution in [-0.2, 0) is 9.59 Å². The van der Waals surface area contributed by atoms with Gasteiger partial charge in [-0.05, 0) is 44.4 Å². The van der Waals surface area contributed by atoms with Crippen LogP contribution in [0.15, 0.2) is 18.2 Å². The Labute approximate surface area is 136 Å². The normalized spacial score (nSPS) is 22.7. The SMILES string of the molecule is Cc1ccc(Cl)cc1N1CCN(C(=O)C2CCC2)C(C)C1=O. The zero-order valence-corrected chi connectivity index (χ0v) is 13.8. The van der Waals surface area contributed by atoms with Gasteiger partial charge in [0.2, 0.25) is 11.8 Å². The Balaban J connectivity index is 1.79. The second-order valence-electron chi connectivity index (χ2n) is 6.26. The lowest BCUT2D eigenvalue weighted by molar-refractivity contribution is -0.146. The van der Waals surface area contributed by atoms with Crippen molar-refractivity contribution in [1.82, 2.24) is 4.90 Å². The first-order chi connectivity index (χ1) is 10.5. The molecule has 1 aromatic rings. The van der Waals surface area contributed by atoms with Crippen molar-refractivity contribution < 1.29 is 9.59 Å². The summed E-state index contributed by atoms with van der Waals surface area (Å²) in [6.45, 7) is 4.91. The van der Waals surface area contributed by atoms with E-state index in [1.54, 1.807) is 9.80 Å². The Kier molecular flexibility index (Phi) is 4.13. The number of piperazine rings is 1. The third-order valence-corrected chi connectivity index (χ3v) is 5.09. The second-order valence-corrected chi connectivity index (χ2v) is 6.69. The van der Waals surface area contributed by atoms with Crippen LogP contribution < -0.4 is 4.90 Å². The van der Waals surface area contributed by atoms with Gasteiger partial charge in [0.15, 0.2) is 0 Å². The maximum Gasteiger partial charge on any atom is 0.249 e. The van der Waals surface area contributed by atoms with Crippen LogP contribution in [0.1, 0.15) is 31.7 Å². The molecule has 5 heteroatoms. The van der Waals surface area contributed by atoms with E-state index in [0.29, 0.717) is 18.1 Å². The topological polar surface area (TPSA) is 40.6 Å². The average molecular weight is 321 g/mol. The number of halogens is 1. The number of rotatable bonds is 2. The largest absolute Gasteiger partial charge is 0.329 e. The number of carbonyl (C=O) groups excluding carboxylic acids is 2. The number of nitrogens with zero attached hydrogens (tertiary/aromatic N) is 2. The Morgan fingerprint density at radius 2 is 2.00 bits per heavy atom. The molecule has 1 aliphatic heterocycles. The molecule has 0 N–H and O–H groups in total. The summed E-state index contributed by atoms with van der Waals surface area (Å²) < 4.78 is 0. The highest BCUT2D eigenvalue weighted by Crippen LogP contribution is 2.31. The van der Waals surface area contributed by atoms with Crippen LogP contribution in [0, 0.1) is 12.8 Å². The lowest BCUT2D eigenvalue weighted by Gasteiger charge is -2.42. The van der Waals surface area contributed by atoms with E-state index < -0.39 is 6.04 Å². The molecule has 2 aliphatic rings. The number of amides is 2. The van der Waals surface area contributed by atoms with Crippen molar-refractivity contribution in [2.75, 3.05) is 18.0 Å². The first kappa shape index (κ1) is 15.3. The number of benzene rings is 1. The molecular weight excluding hydrogens is 300 g/mol. The molecule has 0 spiro atoms. The number of aryl methyl sites for hydroxylation is 1. The summed E-state index contributed by atoms with van der Waals surface area (Å²) in [6, 6.07) is 5.16. The lowest BCUT2D eigenvalue weighted by Crippen LogP contribution is -2.59. The Bertz CT molecular complexity index is 613. The summed E-state index contributed by atoms with van der Waals surface area (Å²) >= 11 is 6.06. The quantitative estimate of drug-likeness (QED) is 0.840. The highest BCUT2D eigenvalue weighted by Gasteiger charge is 2.39. The first-order valence-corrected chi connectivity index (χ1v) is 8.25. The molecule has 1 aromatic carbocycles. The molecule has 1 saturated heterocycles. The zero-order chi connectivity index (χ0) is 15.9. The van der Waals surface area contributed by atoms with Crippen molar-refractivity contribution >= 4 is 29.1 Å². The summed E-state index contributed by atoms with van der Waals surface area (Å²) in [7, 11) is 0. The number of hydrogen-bond donors (Lipinski definition) is 0. The fourth-order valence-electron chi connectivity index (χ4n) is 3.17. The highest BCUT2D eigenvalue weighted by atomic mass is 35.5. The maximum absolute atomic E-state index is 12.7. The number of hydrogen-bond acceptors (Lipinski definition) is 2.